The quantitative estimate of drug-likeness (QED) is 0.767. The molecule has 1 aromatic rings. The Morgan fingerprint density at radius 3 is 3.14 bits per heavy atom. The van der Waals surface area contributed by atoms with Crippen LogP contribution >= 0.6 is 11.8 Å². The number of nitrogens with zero attached hydrogens (tertiary/aromatic N) is 1. The SMILES string of the molecule is Cc1ccncc1C1NC(C)CCS1. The summed E-state index contributed by atoms with van der Waals surface area (Å²) in [4.78, 5) is 4.19. The molecule has 3 heteroatoms. The van der Waals surface area contributed by atoms with Crippen molar-refractivity contribution in [3.63, 3.8) is 0 Å². The third kappa shape index (κ3) is 2.10. The Hall–Kier alpha value is -0.540. The highest BCUT2D eigenvalue weighted by molar-refractivity contribution is 7.99. The highest BCUT2D eigenvalue weighted by atomic mass is 32.2. The van der Waals surface area contributed by atoms with E-state index in [4.69, 9.17) is 0 Å². The minimum Gasteiger partial charge on any atom is -0.299 e. The molecule has 76 valence electrons. The normalized spacial score (nSPS) is 27.6. The third-order valence-corrected chi connectivity index (χ3v) is 3.83. The molecule has 2 rings (SSSR count). The maximum absolute atomic E-state index is 4.19. The van der Waals surface area contributed by atoms with E-state index in [0.29, 0.717) is 11.4 Å². The van der Waals surface area contributed by atoms with Crippen molar-refractivity contribution in [2.24, 2.45) is 0 Å². The molecule has 0 radical (unpaired) electrons. The van der Waals surface area contributed by atoms with Crippen LogP contribution in [0.15, 0.2) is 18.5 Å². The molecular weight excluding hydrogens is 192 g/mol. The number of aromatic nitrogens is 1. The summed E-state index contributed by atoms with van der Waals surface area (Å²) >= 11 is 1.98. The molecule has 0 saturated carbocycles. The van der Waals surface area contributed by atoms with E-state index in [1.165, 1.54) is 23.3 Å². The van der Waals surface area contributed by atoms with Crippen LogP contribution in [-0.2, 0) is 0 Å². The molecule has 1 aromatic heterocycles. The largest absolute Gasteiger partial charge is 0.299 e. The van der Waals surface area contributed by atoms with Crippen molar-refractivity contribution in [2.45, 2.75) is 31.7 Å². The minimum atomic E-state index is 0.437. The maximum atomic E-state index is 4.19. The van der Waals surface area contributed by atoms with Gasteiger partial charge in [-0.1, -0.05) is 0 Å². The summed E-state index contributed by atoms with van der Waals surface area (Å²) in [5.74, 6) is 1.24. The van der Waals surface area contributed by atoms with E-state index in [0.717, 1.165) is 0 Å². The minimum absolute atomic E-state index is 0.437. The zero-order chi connectivity index (χ0) is 9.97. The van der Waals surface area contributed by atoms with Gasteiger partial charge < -0.3 is 0 Å². The molecule has 1 aliphatic rings. The molecule has 2 heterocycles. The number of hydrogen-bond donors (Lipinski definition) is 1. The first-order chi connectivity index (χ1) is 6.77. The molecule has 0 spiro atoms. The zero-order valence-corrected chi connectivity index (χ0v) is 9.47. The van der Waals surface area contributed by atoms with Gasteiger partial charge in [-0.3, -0.25) is 10.3 Å². The lowest BCUT2D eigenvalue weighted by Crippen LogP contribution is -2.33. The summed E-state index contributed by atoms with van der Waals surface area (Å²) < 4.78 is 0. The lowest BCUT2D eigenvalue weighted by Gasteiger charge is -2.29. The predicted molar refractivity (Wildman–Crippen MR) is 61.4 cm³/mol. The van der Waals surface area contributed by atoms with Gasteiger partial charge in [-0.05, 0) is 37.7 Å². The Bertz CT molecular complexity index is 314. The van der Waals surface area contributed by atoms with Gasteiger partial charge in [-0.25, -0.2) is 0 Å². The number of pyridine rings is 1. The molecular formula is C11H16N2S. The number of rotatable bonds is 1. The van der Waals surface area contributed by atoms with Crippen LogP contribution in [0, 0.1) is 6.92 Å². The number of thioether (sulfide) groups is 1. The van der Waals surface area contributed by atoms with Gasteiger partial charge in [0.2, 0.25) is 0 Å². The zero-order valence-electron chi connectivity index (χ0n) is 8.66. The fraction of sp³-hybridized carbons (Fsp3) is 0.545. The summed E-state index contributed by atoms with van der Waals surface area (Å²) in [5.41, 5.74) is 2.67. The molecule has 1 fully saturated rings. The Kier molecular flexibility index (Phi) is 3.08. The average molecular weight is 208 g/mol. The fourth-order valence-corrected chi connectivity index (χ4v) is 3.16. The first-order valence-electron chi connectivity index (χ1n) is 5.05. The van der Waals surface area contributed by atoms with Crippen molar-refractivity contribution in [2.75, 3.05) is 5.75 Å². The van der Waals surface area contributed by atoms with Crippen molar-refractivity contribution in [3.05, 3.63) is 29.6 Å². The second kappa shape index (κ2) is 4.32. The van der Waals surface area contributed by atoms with Crippen LogP contribution in [0.5, 0.6) is 0 Å². The average Bonchev–Trinajstić information content (AvgIpc) is 2.18. The van der Waals surface area contributed by atoms with Gasteiger partial charge in [-0.15, -0.1) is 11.8 Å². The van der Waals surface area contributed by atoms with E-state index in [-0.39, 0.29) is 0 Å². The van der Waals surface area contributed by atoms with Crippen molar-refractivity contribution in [3.8, 4) is 0 Å². The fourth-order valence-electron chi connectivity index (χ4n) is 1.68. The van der Waals surface area contributed by atoms with Crippen molar-refractivity contribution >= 4 is 11.8 Å². The second-order valence-electron chi connectivity index (χ2n) is 3.84. The van der Waals surface area contributed by atoms with Crippen LogP contribution in [0.2, 0.25) is 0 Å². The van der Waals surface area contributed by atoms with Gasteiger partial charge >= 0.3 is 0 Å². The summed E-state index contributed by atoms with van der Waals surface area (Å²) in [7, 11) is 0. The van der Waals surface area contributed by atoms with E-state index >= 15 is 0 Å². The van der Waals surface area contributed by atoms with Crippen LogP contribution in [0.4, 0.5) is 0 Å². The Morgan fingerprint density at radius 1 is 1.57 bits per heavy atom. The van der Waals surface area contributed by atoms with Crippen molar-refractivity contribution in [1.82, 2.24) is 10.3 Å². The first-order valence-corrected chi connectivity index (χ1v) is 6.10. The van der Waals surface area contributed by atoms with Crippen LogP contribution in [0.25, 0.3) is 0 Å². The van der Waals surface area contributed by atoms with Gasteiger partial charge in [-0.2, -0.15) is 0 Å². The van der Waals surface area contributed by atoms with Gasteiger partial charge in [0.25, 0.3) is 0 Å². The van der Waals surface area contributed by atoms with E-state index in [1.54, 1.807) is 0 Å². The molecule has 0 aromatic carbocycles. The van der Waals surface area contributed by atoms with Crippen LogP contribution in [0.1, 0.15) is 29.8 Å². The van der Waals surface area contributed by atoms with E-state index in [1.807, 2.05) is 24.2 Å². The van der Waals surface area contributed by atoms with Gasteiger partial charge in [0, 0.05) is 24.0 Å². The second-order valence-corrected chi connectivity index (χ2v) is 5.05. The third-order valence-electron chi connectivity index (χ3n) is 2.63. The van der Waals surface area contributed by atoms with E-state index in [2.05, 4.69) is 30.2 Å². The summed E-state index contributed by atoms with van der Waals surface area (Å²) in [6.45, 7) is 4.40. The lowest BCUT2D eigenvalue weighted by atomic mass is 10.1. The molecule has 0 aliphatic carbocycles. The Balaban J connectivity index is 2.18. The van der Waals surface area contributed by atoms with Gasteiger partial charge in [0.15, 0.2) is 0 Å². The van der Waals surface area contributed by atoms with Crippen molar-refractivity contribution < 1.29 is 0 Å². The molecule has 14 heavy (non-hydrogen) atoms. The van der Waals surface area contributed by atoms with Gasteiger partial charge in [0.05, 0.1) is 5.37 Å². The predicted octanol–water partition coefficient (Wildman–Crippen LogP) is 2.50. The number of hydrogen-bond acceptors (Lipinski definition) is 3. The topological polar surface area (TPSA) is 24.9 Å². The summed E-state index contributed by atoms with van der Waals surface area (Å²) in [5, 5.41) is 4.03. The number of aryl methyl sites for hydroxylation is 1. The first kappa shape index (κ1) is 9.99. The van der Waals surface area contributed by atoms with Crippen LogP contribution < -0.4 is 5.32 Å². The summed E-state index contributed by atoms with van der Waals surface area (Å²) in [6.07, 6.45) is 5.11. The molecule has 2 nitrogen and oxygen atoms in total. The van der Waals surface area contributed by atoms with Crippen molar-refractivity contribution in [1.29, 1.82) is 0 Å². The molecule has 0 bridgehead atoms. The smallest absolute Gasteiger partial charge is 0.0808 e. The maximum Gasteiger partial charge on any atom is 0.0808 e. The monoisotopic (exact) mass is 208 g/mol. The Morgan fingerprint density at radius 2 is 2.43 bits per heavy atom. The van der Waals surface area contributed by atoms with Crippen LogP contribution in [0.3, 0.4) is 0 Å². The highest BCUT2D eigenvalue weighted by Gasteiger charge is 2.20. The molecule has 1 aliphatic heterocycles. The van der Waals surface area contributed by atoms with Crippen LogP contribution in [-0.4, -0.2) is 16.8 Å². The molecule has 2 unspecified atom stereocenters. The lowest BCUT2D eigenvalue weighted by molar-refractivity contribution is 0.510. The standard InChI is InChI=1S/C11H16N2S/c1-8-3-5-12-7-10(8)11-13-9(2)4-6-14-11/h3,5,7,9,11,13H,4,6H2,1-2H3. The van der Waals surface area contributed by atoms with E-state index < -0.39 is 0 Å². The molecule has 1 saturated heterocycles. The highest BCUT2D eigenvalue weighted by Crippen LogP contribution is 2.32. The van der Waals surface area contributed by atoms with Gasteiger partial charge in [0.1, 0.15) is 0 Å². The molecule has 2 atom stereocenters. The molecule has 0 amide bonds. The summed E-state index contributed by atoms with van der Waals surface area (Å²) in [6, 6.07) is 2.71. The number of nitrogens with one attached hydrogen (secondary N) is 1. The van der Waals surface area contributed by atoms with E-state index in [9.17, 15) is 0 Å². The molecule has 1 N–H and O–H groups in total. The Labute approximate surface area is 89.5 Å².